The second kappa shape index (κ2) is 7.43. The van der Waals surface area contributed by atoms with Gasteiger partial charge in [0, 0.05) is 23.5 Å². The normalized spacial score (nSPS) is 16.4. The van der Waals surface area contributed by atoms with Crippen LogP contribution in [0.2, 0.25) is 0 Å². The molecule has 1 fully saturated rings. The van der Waals surface area contributed by atoms with Gasteiger partial charge in [-0.2, -0.15) is 0 Å². The fourth-order valence-corrected chi connectivity index (χ4v) is 2.82. The van der Waals surface area contributed by atoms with Gasteiger partial charge in [-0.25, -0.2) is 9.18 Å². The highest BCUT2D eigenvalue weighted by Crippen LogP contribution is 2.26. The molecule has 0 spiro atoms. The number of nitrogens with one attached hydrogen (secondary N) is 1. The number of rotatable bonds is 5. The maximum absolute atomic E-state index is 13.1. The van der Waals surface area contributed by atoms with E-state index in [4.69, 9.17) is 0 Å². The lowest BCUT2D eigenvalue weighted by atomic mass is 10.2. The van der Waals surface area contributed by atoms with Crippen LogP contribution < -0.4 is 10.2 Å². The molecular formula is C18H15FN4O5. The first-order valence-electron chi connectivity index (χ1n) is 8.22. The molecule has 144 valence electrons. The largest absolute Gasteiger partial charge is 0.332 e. The van der Waals surface area contributed by atoms with E-state index in [1.54, 1.807) is 0 Å². The summed E-state index contributed by atoms with van der Waals surface area (Å²) in [6.07, 6.45) is 0. The Kier molecular flexibility index (Phi) is 5.03. The summed E-state index contributed by atoms with van der Waals surface area (Å²) in [7, 11) is 0. The van der Waals surface area contributed by atoms with E-state index in [0.717, 1.165) is 4.90 Å². The maximum Gasteiger partial charge on any atom is 0.332 e. The minimum absolute atomic E-state index is 0.133. The van der Waals surface area contributed by atoms with Crippen molar-refractivity contribution < 1.29 is 23.7 Å². The minimum Gasteiger partial charge on any atom is -0.325 e. The van der Waals surface area contributed by atoms with E-state index in [9.17, 15) is 28.9 Å². The number of amides is 4. The molecule has 1 atom stereocenters. The summed E-state index contributed by atoms with van der Waals surface area (Å²) in [5, 5.41) is 13.1. The van der Waals surface area contributed by atoms with E-state index in [1.165, 1.54) is 60.4 Å². The molecular weight excluding hydrogens is 371 g/mol. The molecule has 28 heavy (non-hydrogen) atoms. The molecule has 1 aliphatic heterocycles. The number of benzene rings is 2. The summed E-state index contributed by atoms with van der Waals surface area (Å²) in [6, 6.07) is 8.68. The lowest BCUT2D eigenvalue weighted by Gasteiger charge is -2.19. The Balaban J connectivity index is 1.70. The SMILES string of the molecule is CC1C(=O)N(CC(=O)Nc2ccc([N+](=O)[O-])cc2)C(=O)N1c1ccc(F)cc1. The zero-order chi connectivity index (χ0) is 20.4. The van der Waals surface area contributed by atoms with Crippen LogP contribution in [0, 0.1) is 15.9 Å². The highest BCUT2D eigenvalue weighted by atomic mass is 19.1. The molecule has 4 amide bonds. The number of hydrogen-bond donors (Lipinski definition) is 1. The van der Waals surface area contributed by atoms with Gasteiger partial charge in [0.15, 0.2) is 0 Å². The summed E-state index contributed by atoms with van der Waals surface area (Å²) in [4.78, 5) is 49.3. The summed E-state index contributed by atoms with van der Waals surface area (Å²) in [5.41, 5.74) is 0.496. The van der Waals surface area contributed by atoms with Crippen LogP contribution in [0.1, 0.15) is 6.92 Å². The second-order valence-corrected chi connectivity index (χ2v) is 6.08. The topological polar surface area (TPSA) is 113 Å². The number of nitrogens with zero attached hydrogens (tertiary/aromatic N) is 3. The Morgan fingerprint density at radius 1 is 1.14 bits per heavy atom. The Morgan fingerprint density at radius 3 is 2.32 bits per heavy atom. The predicted molar refractivity (Wildman–Crippen MR) is 97.2 cm³/mol. The molecule has 10 heteroatoms. The van der Waals surface area contributed by atoms with Crippen LogP contribution in [0.4, 0.5) is 26.2 Å². The van der Waals surface area contributed by atoms with Gasteiger partial charge in [0.1, 0.15) is 18.4 Å². The molecule has 2 aromatic carbocycles. The molecule has 1 heterocycles. The number of nitro groups is 1. The van der Waals surface area contributed by atoms with Crippen molar-refractivity contribution in [2.75, 3.05) is 16.8 Å². The van der Waals surface area contributed by atoms with Crippen LogP contribution in [0.25, 0.3) is 0 Å². The molecule has 0 aliphatic carbocycles. The quantitative estimate of drug-likeness (QED) is 0.482. The molecule has 1 saturated heterocycles. The Labute approximate surface area is 158 Å². The van der Waals surface area contributed by atoms with Crippen molar-refractivity contribution in [1.82, 2.24) is 4.90 Å². The third-order valence-electron chi connectivity index (χ3n) is 4.22. The molecule has 3 rings (SSSR count). The highest BCUT2D eigenvalue weighted by molar-refractivity contribution is 6.16. The van der Waals surface area contributed by atoms with Crippen molar-refractivity contribution in [2.45, 2.75) is 13.0 Å². The van der Waals surface area contributed by atoms with E-state index in [2.05, 4.69) is 5.32 Å². The number of imide groups is 1. The van der Waals surface area contributed by atoms with Gasteiger partial charge in [-0.05, 0) is 43.3 Å². The van der Waals surface area contributed by atoms with Gasteiger partial charge >= 0.3 is 6.03 Å². The van der Waals surface area contributed by atoms with Crippen LogP contribution in [0.15, 0.2) is 48.5 Å². The first kappa shape index (κ1) is 19.0. The number of carbonyl (C=O) groups is 3. The smallest absolute Gasteiger partial charge is 0.325 e. The zero-order valence-electron chi connectivity index (χ0n) is 14.7. The van der Waals surface area contributed by atoms with E-state index < -0.39 is 41.2 Å². The van der Waals surface area contributed by atoms with E-state index >= 15 is 0 Å². The lowest BCUT2D eigenvalue weighted by Crippen LogP contribution is -2.39. The number of hydrogen-bond acceptors (Lipinski definition) is 5. The number of halogens is 1. The Morgan fingerprint density at radius 2 is 1.75 bits per heavy atom. The van der Waals surface area contributed by atoms with Crippen LogP contribution in [0.3, 0.4) is 0 Å². The van der Waals surface area contributed by atoms with Gasteiger partial charge in [0.2, 0.25) is 5.91 Å². The zero-order valence-corrected chi connectivity index (χ0v) is 14.7. The monoisotopic (exact) mass is 386 g/mol. The standard InChI is InChI=1S/C18H15FN4O5/c1-11-17(25)21(18(26)22(11)14-6-2-12(19)3-7-14)10-16(24)20-13-4-8-15(9-5-13)23(27)28/h2-9,11H,10H2,1H3,(H,20,24). The highest BCUT2D eigenvalue weighted by Gasteiger charge is 2.44. The maximum atomic E-state index is 13.1. The first-order chi connectivity index (χ1) is 13.3. The van der Waals surface area contributed by atoms with Crippen molar-refractivity contribution in [1.29, 1.82) is 0 Å². The van der Waals surface area contributed by atoms with E-state index in [0.29, 0.717) is 5.69 Å². The number of nitro benzene ring substituents is 1. The summed E-state index contributed by atoms with van der Waals surface area (Å²) in [6.45, 7) is 0.995. The van der Waals surface area contributed by atoms with Gasteiger partial charge in [0.05, 0.1) is 4.92 Å². The number of non-ortho nitro benzene ring substituents is 1. The van der Waals surface area contributed by atoms with Crippen molar-refractivity contribution >= 4 is 34.9 Å². The molecule has 0 saturated carbocycles. The summed E-state index contributed by atoms with van der Waals surface area (Å²) in [5.74, 6) is -1.68. The van der Waals surface area contributed by atoms with E-state index in [1.807, 2.05) is 0 Å². The molecule has 9 nitrogen and oxygen atoms in total. The third-order valence-corrected chi connectivity index (χ3v) is 4.22. The third kappa shape index (κ3) is 3.65. The fourth-order valence-electron chi connectivity index (χ4n) is 2.82. The predicted octanol–water partition coefficient (Wildman–Crippen LogP) is 2.53. The molecule has 1 unspecified atom stereocenters. The number of urea groups is 1. The molecule has 2 aromatic rings. The Hall–Kier alpha value is -3.82. The van der Waals surface area contributed by atoms with Crippen LogP contribution >= 0.6 is 0 Å². The van der Waals surface area contributed by atoms with Crippen molar-refractivity contribution in [3.8, 4) is 0 Å². The van der Waals surface area contributed by atoms with Crippen LogP contribution in [-0.4, -0.2) is 40.3 Å². The first-order valence-corrected chi connectivity index (χ1v) is 8.22. The summed E-state index contributed by atoms with van der Waals surface area (Å²) < 4.78 is 13.1. The second-order valence-electron chi connectivity index (χ2n) is 6.08. The summed E-state index contributed by atoms with van der Waals surface area (Å²) >= 11 is 0. The Bertz CT molecular complexity index is 945. The van der Waals surface area contributed by atoms with Crippen molar-refractivity contribution in [3.05, 3.63) is 64.5 Å². The van der Waals surface area contributed by atoms with Crippen molar-refractivity contribution in [2.24, 2.45) is 0 Å². The molecule has 1 N–H and O–H groups in total. The number of anilines is 2. The molecule has 1 aliphatic rings. The lowest BCUT2D eigenvalue weighted by molar-refractivity contribution is -0.384. The molecule has 0 bridgehead atoms. The average Bonchev–Trinajstić information content (AvgIpc) is 2.86. The minimum atomic E-state index is -0.842. The van der Waals surface area contributed by atoms with Crippen LogP contribution in [-0.2, 0) is 9.59 Å². The van der Waals surface area contributed by atoms with E-state index in [-0.39, 0.29) is 11.4 Å². The van der Waals surface area contributed by atoms with Gasteiger partial charge in [-0.1, -0.05) is 0 Å². The molecule has 0 radical (unpaired) electrons. The fraction of sp³-hybridized carbons (Fsp3) is 0.167. The van der Waals surface area contributed by atoms with Crippen LogP contribution in [0.5, 0.6) is 0 Å². The molecule has 0 aromatic heterocycles. The average molecular weight is 386 g/mol. The van der Waals surface area contributed by atoms with Gasteiger partial charge < -0.3 is 5.32 Å². The van der Waals surface area contributed by atoms with Gasteiger partial charge in [0.25, 0.3) is 11.6 Å². The van der Waals surface area contributed by atoms with Gasteiger partial charge in [-0.15, -0.1) is 0 Å². The number of carbonyl (C=O) groups excluding carboxylic acids is 3. The van der Waals surface area contributed by atoms with Crippen molar-refractivity contribution in [3.63, 3.8) is 0 Å². The van der Waals surface area contributed by atoms with Gasteiger partial charge in [-0.3, -0.25) is 29.5 Å².